The Labute approximate surface area is 125 Å². The molecule has 0 aliphatic heterocycles. The summed E-state index contributed by atoms with van der Waals surface area (Å²) in [5, 5.41) is 0. The molecule has 0 heterocycles. The Morgan fingerprint density at radius 1 is 1.04 bits per heavy atom. The average Bonchev–Trinajstić information content (AvgIpc) is 2.41. The molecule has 23 heavy (non-hydrogen) atoms. The zero-order valence-electron chi connectivity index (χ0n) is 12.1. The molecule has 138 valence electrons. The van der Waals surface area contributed by atoms with Gasteiger partial charge < -0.3 is 14.2 Å². The zero-order chi connectivity index (χ0) is 18.7. The SMILES string of the molecule is CCC(C)OC(F)(F)C(F)(OCC(F)(F)C(=O)OC)C(F)(F)F. The lowest BCUT2D eigenvalue weighted by Gasteiger charge is -2.35. The lowest BCUT2D eigenvalue weighted by atomic mass is 10.2. The maximum atomic E-state index is 13.8. The Morgan fingerprint density at radius 2 is 1.52 bits per heavy atom. The quantitative estimate of drug-likeness (QED) is 0.490. The first kappa shape index (κ1) is 21.8. The van der Waals surface area contributed by atoms with Gasteiger partial charge in [0.05, 0.1) is 13.2 Å². The third-order valence-electron chi connectivity index (χ3n) is 2.60. The Morgan fingerprint density at radius 3 is 1.87 bits per heavy atom. The molecule has 2 atom stereocenters. The van der Waals surface area contributed by atoms with E-state index in [1.165, 1.54) is 6.92 Å². The second-order valence-corrected chi connectivity index (χ2v) is 4.43. The van der Waals surface area contributed by atoms with Crippen molar-refractivity contribution in [1.29, 1.82) is 0 Å². The lowest BCUT2D eigenvalue weighted by molar-refractivity contribution is -0.467. The third-order valence-corrected chi connectivity index (χ3v) is 2.60. The maximum Gasteiger partial charge on any atom is 0.457 e. The van der Waals surface area contributed by atoms with Crippen LogP contribution < -0.4 is 0 Å². The first-order chi connectivity index (χ1) is 10.1. The van der Waals surface area contributed by atoms with Crippen molar-refractivity contribution in [2.45, 2.75) is 50.4 Å². The predicted molar refractivity (Wildman–Crippen MR) is 58.6 cm³/mol. The third kappa shape index (κ3) is 4.90. The van der Waals surface area contributed by atoms with Crippen molar-refractivity contribution in [3.63, 3.8) is 0 Å². The van der Waals surface area contributed by atoms with Crippen molar-refractivity contribution in [1.82, 2.24) is 0 Å². The van der Waals surface area contributed by atoms with E-state index < -0.39 is 42.7 Å². The Balaban J connectivity index is 5.48. The fraction of sp³-hybridized carbons (Fsp3) is 0.909. The number of halogens is 8. The molecule has 2 unspecified atom stereocenters. The lowest BCUT2D eigenvalue weighted by Crippen LogP contribution is -2.60. The standard InChI is InChI=1S/C11H14F8O4/c1-4-6(2)23-11(18,19)9(14,10(15,16)17)22-5-8(12,13)7(20)21-3/h6H,4-5H2,1-3H3. The summed E-state index contributed by atoms with van der Waals surface area (Å²) in [5.41, 5.74) is 0. The molecular weight excluding hydrogens is 348 g/mol. The van der Waals surface area contributed by atoms with Crippen molar-refractivity contribution in [3.05, 3.63) is 0 Å². The number of hydrogen-bond acceptors (Lipinski definition) is 4. The molecule has 0 N–H and O–H groups in total. The summed E-state index contributed by atoms with van der Waals surface area (Å²) in [4.78, 5) is 10.6. The highest BCUT2D eigenvalue weighted by Gasteiger charge is 2.75. The first-order valence-electron chi connectivity index (χ1n) is 6.06. The van der Waals surface area contributed by atoms with Crippen molar-refractivity contribution >= 4 is 5.97 Å². The smallest absolute Gasteiger partial charge is 0.457 e. The van der Waals surface area contributed by atoms with Crippen LogP contribution in [-0.2, 0) is 19.0 Å². The molecule has 0 saturated heterocycles. The summed E-state index contributed by atoms with van der Waals surface area (Å²) < 4.78 is 115. The van der Waals surface area contributed by atoms with Gasteiger partial charge in [-0.15, -0.1) is 0 Å². The van der Waals surface area contributed by atoms with E-state index in [2.05, 4.69) is 14.2 Å². The normalized spacial score (nSPS) is 17.5. The Bertz CT molecular complexity index is 411. The monoisotopic (exact) mass is 362 g/mol. The Kier molecular flexibility index (Phi) is 6.79. The number of methoxy groups -OCH3 is 1. The van der Waals surface area contributed by atoms with Crippen LogP contribution in [0.25, 0.3) is 0 Å². The molecule has 0 aromatic heterocycles. The van der Waals surface area contributed by atoms with Crippen LogP contribution in [0.15, 0.2) is 0 Å². The molecular formula is C11H14F8O4. The number of esters is 1. The molecule has 0 fully saturated rings. The van der Waals surface area contributed by atoms with Gasteiger partial charge in [0.15, 0.2) is 0 Å². The van der Waals surface area contributed by atoms with Gasteiger partial charge in [0.1, 0.15) is 6.61 Å². The van der Waals surface area contributed by atoms with Crippen LogP contribution in [0.1, 0.15) is 20.3 Å². The van der Waals surface area contributed by atoms with Crippen LogP contribution in [0.5, 0.6) is 0 Å². The number of carbonyl (C=O) groups is 1. The van der Waals surface area contributed by atoms with Gasteiger partial charge in [0.2, 0.25) is 0 Å². The highest BCUT2D eigenvalue weighted by Crippen LogP contribution is 2.48. The zero-order valence-corrected chi connectivity index (χ0v) is 12.1. The number of alkyl halides is 8. The highest BCUT2D eigenvalue weighted by molar-refractivity contribution is 5.77. The van der Waals surface area contributed by atoms with Crippen LogP contribution in [0.2, 0.25) is 0 Å². The molecule has 4 nitrogen and oxygen atoms in total. The minimum atomic E-state index is -6.42. The summed E-state index contributed by atoms with van der Waals surface area (Å²) in [6.07, 6.45) is -13.8. The van der Waals surface area contributed by atoms with Gasteiger partial charge in [0.25, 0.3) is 0 Å². The topological polar surface area (TPSA) is 44.8 Å². The molecule has 0 rings (SSSR count). The van der Waals surface area contributed by atoms with Gasteiger partial charge in [0, 0.05) is 0 Å². The van der Waals surface area contributed by atoms with E-state index in [0.29, 0.717) is 7.11 Å². The minimum absolute atomic E-state index is 0.220. The van der Waals surface area contributed by atoms with Crippen molar-refractivity contribution < 1.29 is 54.1 Å². The second-order valence-electron chi connectivity index (χ2n) is 4.43. The van der Waals surface area contributed by atoms with Crippen molar-refractivity contribution in [2.24, 2.45) is 0 Å². The fourth-order valence-electron chi connectivity index (χ4n) is 1.14. The number of ether oxygens (including phenoxy) is 3. The van der Waals surface area contributed by atoms with Crippen LogP contribution in [0.3, 0.4) is 0 Å². The van der Waals surface area contributed by atoms with Crippen molar-refractivity contribution in [2.75, 3.05) is 13.7 Å². The molecule has 0 radical (unpaired) electrons. The van der Waals surface area contributed by atoms with E-state index in [-0.39, 0.29) is 6.42 Å². The number of hydrogen-bond donors (Lipinski definition) is 0. The van der Waals surface area contributed by atoms with Gasteiger partial charge >= 0.3 is 30.0 Å². The van der Waals surface area contributed by atoms with E-state index in [1.807, 2.05) is 0 Å². The number of carbonyl (C=O) groups excluding carboxylic acids is 1. The average molecular weight is 362 g/mol. The van der Waals surface area contributed by atoms with E-state index >= 15 is 0 Å². The van der Waals surface area contributed by atoms with Gasteiger partial charge in [-0.25, -0.2) is 4.79 Å². The fourth-order valence-corrected chi connectivity index (χ4v) is 1.14. The Hall–Kier alpha value is -1.17. The molecule has 0 spiro atoms. The molecule has 0 saturated carbocycles. The summed E-state index contributed by atoms with van der Waals surface area (Å²) >= 11 is 0. The van der Waals surface area contributed by atoms with E-state index in [4.69, 9.17) is 0 Å². The molecule has 0 aromatic rings. The van der Waals surface area contributed by atoms with E-state index in [9.17, 15) is 39.9 Å². The molecule has 0 aromatic carbocycles. The van der Waals surface area contributed by atoms with Gasteiger partial charge in [-0.1, -0.05) is 6.92 Å². The van der Waals surface area contributed by atoms with Crippen LogP contribution in [-0.4, -0.2) is 49.9 Å². The minimum Gasteiger partial charge on any atom is -0.465 e. The molecule has 0 aliphatic carbocycles. The molecule has 12 heteroatoms. The molecule has 0 bridgehead atoms. The summed E-state index contributed by atoms with van der Waals surface area (Å²) in [6, 6.07) is 0. The van der Waals surface area contributed by atoms with E-state index in [1.54, 1.807) is 0 Å². The van der Waals surface area contributed by atoms with Crippen LogP contribution >= 0.6 is 0 Å². The molecule has 0 aliphatic rings. The van der Waals surface area contributed by atoms with Gasteiger partial charge in [-0.3, -0.25) is 0 Å². The number of rotatable bonds is 8. The van der Waals surface area contributed by atoms with Crippen LogP contribution in [0.4, 0.5) is 35.1 Å². The molecule has 0 amide bonds. The highest BCUT2D eigenvalue weighted by atomic mass is 19.4. The van der Waals surface area contributed by atoms with Gasteiger partial charge in [-0.05, 0) is 13.3 Å². The largest absolute Gasteiger partial charge is 0.465 e. The second kappa shape index (κ2) is 7.16. The predicted octanol–water partition coefficient (Wildman–Crippen LogP) is 3.45. The first-order valence-corrected chi connectivity index (χ1v) is 6.06. The van der Waals surface area contributed by atoms with E-state index in [0.717, 1.165) is 6.92 Å². The summed E-state index contributed by atoms with van der Waals surface area (Å²) in [5.74, 6) is -13.0. The summed E-state index contributed by atoms with van der Waals surface area (Å²) in [6.45, 7) is -0.469. The summed E-state index contributed by atoms with van der Waals surface area (Å²) in [7, 11) is 0.462. The van der Waals surface area contributed by atoms with Crippen LogP contribution in [0, 0.1) is 0 Å². The van der Waals surface area contributed by atoms with Gasteiger partial charge in [-0.2, -0.15) is 35.1 Å². The van der Waals surface area contributed by atoms with Crippen molar-refractivity contribution in [3.8, 4) is 0 Å². The maximum absolute atomic E-state index is 13.8.